The van der Waals surface area contributed by atoms with Crippen molar-refractivity contribution in [2.45, 2.75) is 0 Å². The van der Waals surface area contributed by atoms with Crippen molar-refractivity contribution in [3.8, 4) is 0 Å². The first-order valence-corrected chi connectivity index (χ1v) is 6.38. The van der Waals surface area contributed by atoms with Crippen LogP contribution in [0.15, 0.2) is 0 Å². The Morgan fingerprint density at radius 2 is 1.15 bits per heavy atom. The zero-order valence-corrected chi connectivity index (χ0v) is 11.3. The highest BCUT2D eigenvalue weighted by Gasteiger charge is 2.19. The maximum absolute atomic E-state index is 10.8. The molecule has 1 aliphatic rings. The van der Waals surface area contributed by atoms with E-state index in [2.05, 4.69) is 4.89 Å². The van der Waals surface area contributed by atoms with E-state index in [1.807, 2.05) is 0 Å². The van der Waals surface area contributed by atoms with E-state index in [1.165, 1.54) is 0 Å². The van der Waals surface area contributed by atoms with Crippen LogP contribution in [0, 0.1) is 0 Å². The van der Waals surface area contributed by atoms with Gasteiger partial charge in [-0.3, -0.25) is 29.5 Å². The lowest BCUT2D eigenvalue weighted by atomic mass is 10.4. The van der Waals surface area contributed by atoms with Crippen LogP contribution in [0.5, 0.6) is 0 Å². The van der Waals surface area contributed by atoms with Crippen molar-refractivity contribution in [2.24, 2.45) is 0 Å². The second-order valence-corrected chi connectivity index (χ2v) is 4.72. The largest absolute Gasteiger partial charge is 0.480 e. The normalized spacial score (nSPS) is 20.1. The van der Waals surface area contributed by atoms with Crippen molar-refractivity contribution in [3.05, 3.63) is 0 Å². The molecule has 1 saturated heterocycles. The van der Waals surface area contributed by atoms with Gasteiger partial charge in [0.25, 0.3) is 0 Å². The molecule has 1 aliphatic heterocycles. The topological polar surface area (TPSA) is 114 Å². The molecule has 0 aliphatic carbocycles. The molecule has 116 valence electrons. The fourth-order valence-corrected chi connectivity index (χ4v) is 2.09. The summed E-state index contributed by atoms with van der Waals surface area (Å²) >= 11 is 0. The predicted molar refractivity (Wildman–Crippen MR) is 68.3 cm³/mol. The molecule has 20 heavy (non-hydrogen) atoms. The quantitative estimate of drug-likeness (QED) is 0.398. The highest BCUT2D eigenvalue weighted by molar-refractivity contribution is 5.69. The van der Waals surface area contributed by atoms with E-state index in [0.29, 0.717) is 39.3 Å². The Morgan fingerprint density at radius 3 is 1.45 bits per heavy atom. The minimum Gasteiger partial charge on any atom is -0.480 e. The molecule has 0 amide bonds. The Morgan fingerprint density at radius 1 is 0.800 bits per heavy atom. The molecular weight excluding hydrogens is 270 g/mol. The Balaban J connectivity index is 2.62. The number of aliphatic carboxylic acids is 2. The summed E-state index contributed by atoms with van der Waals surface area (Å²) in [6, 6.07) is 0. The first-order chi connectivity index (χ1) is 9.51. The average Bonchev–Trinajstić information content (AvgIpc) is 2.43. The SMILES string of the molecule is O=C(O)CN1CCN(COO)CCN(CC(=O)O)CC1. The second kappa shape index (κ2) is 8.82. The number of hydrogen-bond donors (Lipinski definition) is 3. The summed E-state index contributed by atoms with van der Waals surface area (Å²) in [4.78, 5) is 31.0. The van der Waals surface area contributed by atoms with Crippen molar-refractivity contribution < 1.29 is 29.9 Å². The second-order valence-electron chi connectivity index (χ2n) is 4.72. The summed E-state index contributed by atoms with van der Waals surface area (Å²) in [6.45, 7) is 2.97. The molecule has 0 aromatic rings. The smallest absolute Gasteiger partial charge is 0.317 e. The fourth-order valence-electron chi connectivity index (χ4n) is 2.09. The summed E-state index contributed by atoms with van der Waals surface area (Å²) < 4.78 is 0. The average molecular weight is 291 g/mol. The highest BCUT2D eigenvalue weighted by atomic mass is 17.1. The molecule has 0 spiro atoms. The van der Waals surface area contributed by atoms with Crippen LogP contribution in [0.4, 0.5) is 0 Å². The molecule has 0 radical (unpaired) electrons. The lowest BCUT2D eigenvalue weighted by molar-refractivity contribution is -0.269. The lowest BCUT2D eigenvalue weighted by Gasteiger charge is -2.23. The molecule has 3 N–H and O–H groups in total. The molecule has 0 saturated carbocycles. The number of nitrogens with zero attached hydrogens (tertiary/aromatic N) is 3. The van der Waals surface area contributed by atoms with Gasteiger partial charge >= 0.3 is 11.9 Å². The number of rotatable bonds is 6. The molecule has 0 atom stereocenters. The van der Waals surface area contributed by atoms with Gasteiger partial charge in [0.05, 0.1) is 13.1 Å². The number of hydrogen-bond acceptors (Lipinski definition) is 7. The van der Waals surface area contributed by atoms with Crippen molar-refractivity contribution in [1.82, 2.24) is 14.7 Å². The van der Waals surface area contributed by atoms with Crippen LogP contribution in [0.1, 0.15) is 0 Å². The maximum Gasteiger partial charge on any atom is 0.317 e. The van der Waals surface area contributed by atoms with Gasteiger partial charge in [0.2, 0.25) is 0 Å². The van der Waals surface area contributed by atoms with Gasteiger partial charge in [-0.1, -0.05) is 0 Å². The van der Waals surface area contributed by atoms with Crippen molar-refractivity contribution in [1.29, 1.82) is 0 Å². The van der Waals surface area contributed by atoms with E-state index in [9.17, 15) is 9.59 Å². The summed E-state index contributed by atoms with van der Waals surface area (Å²) in [5, 5.41) is 26.2. The Kier molecular flexibility index (Phi) is 7.41. The van der Waals surface area contributed by atoms with E-state index in [4.69, 9.17) is 15.5 Å². The van der Waals surface area contributed by atoms with E-state index >= 15 is 0 Å². The molecule has 0 bridgehead atoms. The standard InChI is InChI=1S/C11H21N3O6/c15-10(16)7-12-1-2-13(8-11(17)18)4-6-14(5-3-12)9-20-19/h19H,1-9H2,(H,15,16)(H,17,18). The molecule has 1 rings (SSSR count). The van der Waals surface area contributed by atoms with Gasteiger partial charge in [-0.15, -0.1) is 0 Å². The molecule has 0 unspecified atom stereocenters. The van der Waals surface area contributed by atoms with Crippen LogP contribution in [0.25, 0.3) is 0 Å². The van der Waals surface area contributed by atoms with E-state index < -0.39 is 11.9 Å². The van der Waals surface area contributed by atoms with Gasteiger partial charge < -0.3 is 10.2 Å². The van der Waals surface area contributed by atoms with Crippen LogP contribution < -0.4 is 0 Å². The molecule has 0 aromatic heterocycles. The molecule has 0 aromatic carbocycles. The Hall–Kier alpha value is -1.26. The summed E-state index contributed by atoms with van der Waals surface area (Å²) in [7, 11) is 0. The number of carbonyl (C=O) groups is 2. The Labute approximate surface area is 116 Å². The zero-order chi connectivity index (χ0) is 15.0. The first-order valence-electron chi connectivity index (χ1n) is 6.38. The third-order valence-corrected chi connectivity index (χ3v) is 3.16. The molecule has 1 heterocycles. The predicted octanol–water partition coefficient (Wildman–Crippen LogP) is -1.48. The van der Waals surface area contributed by atoms with Gasteiger partial charge in [-0.25, -0.2) is 4.89 Å². The Bertz CT molecular complexity index is 299. The van der Waals surface area contributed by atoms with Gasteiger partial charge in [0, 0.05) is 39.3 Å². The van der Waals surface area contributed by atoms with Crippen molar-refractivity contribution >= 4 is 11.9 Å². The molecular formula is C11H21N3O6. The monoisotopic (exact) mass is 291 g/mol. The maximum atomic E-state index is 10.8. The van der Waals surface area contributed by atoms with Crippen LogP contribution in [0.3, 0.4) is 0 Å². The van der Waals surface area contributed by atoms with Crippen molar-refractivity contribution in [2.75, 3.05) is 59.1 Å². The molecule has 1 fully saturated rings. The molecule has 9 nitrogen and oxygen atoms in total. The van der Waals surface area contributed by atoms with Crippen LogP contribution in [0.2, 0.25) is 0 Å². The van der Waals surface area contributed by atoms with E-state index in [-0.39, 0.29) is 19.8 Å². The van der Waals surface area contributed by atoms with Gasteiger partial charge in [0.15, 0.2) is 0 Å². The van der Waals surface area contributed by atoms with Crippen LogP contribution >= 0.6 is 0 Å². The van der Waals surface area contributed by atoms with Gasteiger partial charge in [-0.05, 0) is 0 Å². The summed E-state index contributed by atoms with van der Waals surface area (Å²) in [6.07, 6.45) is 0. The minimum absolute atomic E-state index is 0.0157. The van der Waals surface area contributed by atoms with Gasteiger partial charge in [-0.2, -0.15) is 0 Å². The lowest BCUT2D eigenvalue weighted by Crippen LogP contribution is -2.40. The van der Waals surface area contributed by atoms with Crippen LogP contribution in [-0.2, 0) is 14.5 Å². The zero-order valence-electron chi connectivity index (χ0n) is 11.3. The fraction of sp³-hybridized carbons (Fsp3) is 0.818. The minimum atomic E-state index is -0.918. The highest BCUT2D eigenvalue weighted by Crippen LogP contribution is 2.00. The number of carboxylic acid groups (broad SMARTS) is 2. The van der Waals surface area contributed by atoms with E-state index in [0.717, 1.165) is 0 Å². The third kappa shape index (κ3) is 6.78. The third-order valence-electron chi connectivity index (χ3n) is 3.16. The van der Waals surface area contributed by atoms with E-state index in [1.54, 1.807) is 14.7 Å². The number of carboxylic acids is 2. The summed E-state index contributed by atoms with van der Waals surface area (Å²) in [5.41, 5.74) is 0. The van der Waals surface area contributed by atoms with Gasteiger partial charge in [0.1, 0.15) is 6.73 Å². The summed E-state index contributed by atoms with van der Waals surface area (Å²) in [5.74, 6) is -1.84. The van der Waals surface area contributed by atoms with Crippen molar-refractivity contribution in [3.63, 3.8) is 0 Å². The first kappa shape index (κ1) is 16.8. The molecule has 9 heteroatoms. The van der Waals surface area contributed by atoms with Crippen LogP contribution in [-0.4, -0.2) is 101 Å².